The van der Waals surface area contributed by atoms with Gasteiger partial charge in [-0.1, -0.05) is 34.8 Å². The highest BCUT2D eigenvalue weighted by atomic mass is 35.5. The fraction of sp³-hybridized carbons (Fsp3) is 0.182. The Bertz CT molecular complexity index is 1260. The Morgan fingerprint density at radius 1 is 0.794 bits per heavy atom. The third-order valence-electron chi connectivity index (χ3n) is 4.39. The van der Waals surface area contributed by atoms with E-state index in [1.54, 1.807) is 44.4 Å². The van der Waals surface area contributed by atoms with Crippen LogP contribution >= 0.6 is 46.8 Å². The lowest BCUT2D eigenvalue weighted by atomic mass is 10.3. The zero-order valence-corrected chi connectivity index (χ0v) is 23.4. The molecule has 3 aromatic carbocycles. The van der Waals surface area contributed by atoms with E-state index < -0.39 is 20.9 Å². The molecule has 0 aliphatic heterocycles. The highest BCUT2D eigenvalue weighted by Crippen LogP contribution is 2.38. The average Bonchev–Trinajstić information content (AvgIpc) is 2.77. The predicted molar refractivity (Wildman–Crippen MR) is 139 cm³/mol. The number of rotatable bonds is 9. The minimum absolute atomic E-state index is 0.0365. The van der Waals surface area contributed by atoms with Crippen LogP contribution in [0.4, 0.5) is 0 Å². The van der Waals surface area contributed by atoms with Crippen molar-refractivity contribution in [2.75, 3.05) is 28.2 Å². The van der Waals surface area contributed by atoms with Gasteiger partial charge in [0, 0.05) is 45.3 Å². The van der Waals surface area contributed by atoms with Crippen molar-refractivity contribution in [2.45, 2.75) is 24.5 Å². The molecule has 182 valence electrons. The summed E-state index contributed by atoms with van der Waals surface area (Å²) in [6.07, 6.45) is 0. The maximum atomic E-state index is 12.9. The summed E-state index contributed by atoms with van der Waals surface area (Å²) >= 11 is 19.8. The molecular formula is C22H22Cl3N2O4S3+. The first-order valence-corrected chi connectivity index (χ1v) is 14.2. The molecule has 0 amide bonds. The van der Waals surface area contributed by atoms with E-state index >= 15 is 0 Å². The van der Waals surface area contributed by atoms with Gasteiger partial charge in [-0.25, -0.2) is 12.7 Å². The monoisotopic (exact) mass is 579 g/mol. The summed E-state index contributed by atoms with van der Waals surface area (Å²) in [6.45, 7) is 0. The van der Waals surface area contributed by atoms with E-state index in [2.05, 4.69) is 0 Å². The van der Waals surface area contributed by atoms with Crippen molar-refractivity contribution >= 4 is 67.8 Å². The predicted octanol–water partition coefficient (Wildman–Crippen LogP) is 6.42. The normalized spacial score (nSPS) is 13.0. The molecule has 0 saturated heterocycles. The van der Waals surface area contributed by atoms with Gasteiger partial charge in [0.2, 0.25) is 10.0 Å². The Morgan fingerprint density at radius 2 is 1.35 bits per heavy atom. The van der Waals surface area contributed by atoms with Crippen LogP contribution in [-0.4, -0.2) is 46.0 Å². The zero-order valence-electron chi connectivity index (χ0n) is 18.7. The number of hydrogen-bond acceptors (Lipinski definition) is 6. The van der Waals surface area contributed by atoms with E-state index in [1.807, 2.05) is 30.3 Å². The van der Waals surface area contributed by atoms with Crippen LogP contribution in [0.1, 0.15) is 0 Å². The van der Waals surface area contributed by atoms with Gasteiger partial charge in [0.1, 0.15) is 4.90 Å². The first-order valence-electron chi connectivity index (χ1n) is 9.71. The minimum atomic E-state index is -3.75. The van der Waals surface area contributed by atoms with E-state index in [1.165, 1.54) is 19.2 Å². The molecule has 3 rings (SSSR count). The smallest absolute Gasteiger partial charge is 0.207 e. The summed E-state index contributed by atoms with van der Waals surface area (Å²) in [5.74, 6) is 0. The van der Waals surface area contributed by atoms with Crippen molar-refractivity contribution < 1.29 is 17.7 Å². The molecule has 0 radical (unpaired) electrons. The fourth-order valence-corrected chi connectivity index (χ4v) is 7.30. The van der Waals surface area contributed by atoms with Gasteiger partial charge in [-0.2, -0.15) is 5.06 Å². The Hall–Kier alpha value is -0.980. The third-order valence-corrected chi connectivity index (χ3v) is 10.2. The molecule has 0 N–H and O–H groups in total. The molecule has 34 heavy (non-hydrogen) atoms. The van der Waals surface area contributed by atoms with Crippen molar-refractivity contribution in [1.29, 1.82) is 0 Å². The fourth-order valence-electron chi connectivity index (χ4n) is 2.77. The van der Waals surface area contributed by atoms with Crippen LogP contribution in [-0.2, 0) is 30.2 Å². The van der Waals surface area contributed by atoms with Crippen molar-refractivity contribution in [3.8, 4) is 0 Å². The van der Waals surface area contributed by atoms with Gasteiger partial charge < -0.3 is 0 Å². The maximum absolute atomic E-state index is 12.9. The molecule has 0 spiro atoms. The number of hydroxylamine groups is 2. The molecular weight excluding hydrogens is 559 g/mol. The first-order chi connectivity index (χ1) is 16.0. The van der Waals surface area contributed by atoms with E-state index in [0.29, 0.717) is 14.9 Å². The third kappa shape index (κ3) is 6.61. The molecule has 1 atom stereocenters. The zero-order chi connectivity index (χ0) is 25.0. The molecule has 0 aromatic heterocycles. The largest absolute Gasteiger partial charge is 0.244 e. The average molecular weight is 581 g/mol. The Labute approximate surface area is 222 Å². The SMILES string of the molecule is CN(C)OOSc1cc([S+](c2ccc(Cl)cc2)c2ccc(Cl)c(S(=O)(=O)N(C)C)c2)ccc1Cl. The van der Waals surface area contributed by atoms with E-state index in [4.69, 9.17) is 44.1 Å². The number of benzene rings is 3. The topological polar surface area (TPSA) is 59.1 Å². The van der Waals surface area contributed by atoms with Crippen molar-refractivity contribution in [2.24, 2.45) is 0 Å². The lowest BCUT2D eigenvalue weighted by Crippen LogP contribution is -2.23. The highest BCUT2D eigenvalue weighted by molar-refractivity contribution is 7.97. The Balaban J connectivity index is 2.15. The van der Waals surface area contributed by atoms with Crippen LogP contribution in [0.2, 0.25) is 15.1 Å². The van der Waals surface area contributed by atoms with Crippen LogP contribution in [0, 0.1) is 0 Å². The minimum Gasteiger partial charge on any atom is -0.207 e. The molecule has 3 aromatic rings. The number of sulfonamides is 1. The maximum Gasteiger partial charge on any atom is 0.244 e. The van der Waals surface area contributed by atoms with Crippen LogP contribution in [0.15, 0.2) is 85.1 Å². The summed E-state index contributed by atoms with van der Waals surface area (Å²) in [6, 6.07) is 18.0. The van der Waals surface area contributed by atoms with Gasteiger partial charge >= 0.3 is 0 Å². The second-order valence-electron chi connectivity index (χ2n) is 7.27. The quantitative estimate of drug-likeness (QED) is 0.126. The van der Waals surface area contributed by atoms with Gasteiger partial charge in [-0.15, -0.1) is 9.32 Å². The van der Waals surface area contributed by atoms with Gasteiger partial charge in [-0.05, 0) is 48.5 Å². The molecule has 0 heterocycles. The van der Waals surface area contributed by atoms with E-state index in [0.717, 1.165) is 31.0 Å². The standard InChI is InChI=1S/C22H22Cl3N2O4S3/c1-26(2)30-31-32-21-13-17(9-11-19(21)24)33(16-7-5-15(23)6-8-16)18-10-12-20(25)22(14-18)34(28,29)27(3)4/h5-14H,1-4H3/q+1. The molecule has 12 heteroatoms. The van der Waals surface area contributed by atoms with Crippen molar-refractivity contribution in [3.05, 3.63) is 75.7 Å². The van der Waals surface area contributed by atoms with Crippen LogP contribution < -0.4 is 0 Å². The summed E-state index contributed by atoms with van der Waals surface area (Å²) in [4.78, 5) is 8.27. The van der Waals surface area contributed by atoms with Crippen LogP contribution in [0.5, 0.6) is 0 Å². The van der Waals surface area contributed by atoms with Gasteiger partial charge in [-0.3, -0.25) is 0 Å². The van der Waals surface area contributed by atoms with Gasteiger partial charge in [0.15, 0.2) is 14.7 Å². The molecule has 0 fully saturated rings. The summed E-state index contributed by atoms with van der Waals surface area (Å²) < 4.78 is 32.1. The van der Waals surface area contributed by atoms with Crippen molar-refractivity contribution in [3.63, 3.8) is 0 Å². The summed E-state index contributed by atoms with van der Waals surface area (Å²) in [5, 5.41) is 2.64. The van der Waals surface area contributed by atoms with Crippen LogP contribution in [0.25, 0.3) is 0 Å². The van der Waals surface area contributed by atoms with E-state index in [9.17, 15) is 8.42 Å². The Kier molecular flexibility index (Phi) is 9.61. The number of halogens is 3. The molecule has 0 saturated carbocycles. The lowest BCUT2D eigenvalue weighted by Gasteiger charge is -2.15. The van der Waals surface area contributed by atoms with Crippen LogP contribution in [0.3, 0.4) is 0 Å². The first kappa shape index (κ1) is 27.6. The van der Waals surface area contributed by atoms with Gasteiger partial charge in [0.05, 0.1) is 37.9 Å². The van der Waals surface area contributed by atoms with Crippen molar-refractivity contribution in [1.82, 2.24) is 9.37 Å². The second kappa shape index (κ2) is 11.8. The molecule has 6 nitrogen and oxygen atoms in total. The molecule has 0 aliphatic rings. The Morgan fingerprint density at radius 3 is 1.94 bits per heavy atom. The van der Waals surface area contributed by atoms with E-state index in [-0.39, 0.29) is 9.92 Å². The molecule has 0 aliphatic carbocycles. The number of nitrogens with zero attached hydrogens (tertiary/aromatic N) is 2. The number of hydrogen-bond donors (Lipinski definition) is 0. The van der Waals surface area contributed by atoms with Gasteiger partial charge in [0.25, 0.3) is 0 Å². The highest BCUT2D eigenvalue weighted by Gasteiger charge is 2.32. The molecule has 0 bridgehead atoms. The summed E-state index contributed by atoms with van der Waals surface area (Å²) in [5.41, 5.74) is 0. The lowest BCUT2D eigenvalue weighted by molar-refractivity contribution is -0.340. The molecule has 1 unspecified atom stereocenters. The summed E-state index contributed by atoms with van der Waals surface area (Å²) in [7, 11) is 1.87. The second-order valence-corrected chi connectivity index (χ2v) is 13.4.